The maximum Gasteiger partial charge on any atom is 0.185 e. The molecule has 0 radical (unpaired) electrons. The average Bonchev–Trinajstić information content (AvgIpc) is 3.03. The van der Waals surface area contributed by atoms with Crippen molar-refractivity contribution in [1.82, 2.24) is 24.8 Å². The molecule has 1 aromatic carbocycles. The zero-order valence-corrected chi connectivity index (χ0v) is 12.9. The van der Waals surface area contributed by atoms with Gasteiger partial charge in [-0.1, -0.05) is 18.2 Å². The predicted octanol–water partition coefficient (Wildman–Crippen LogP) is 3.46. The Labute approximate surface area is 136 Å². The molecule has 4 heterocycles. The second kappa shape index (κ2) is 4.89. The molecule has 0 bridgehead atoms. The molecule has 1 aliphatic rings. The lowest BCUT2D eigenvalue weighted by Gasteiger charge is -2.18. The van der Waals surface area contributed by atoms with Crippen molar-refractivity contribution in [2.75, 3.05) is 0 Å². The minimum Gasteiger partial charge on any atom is -0.265 e. The summed E-state index contributed by atoms with van der Waals surface area (Å²) in [5, 5.41) is 13.4. The molecule has 0 saturated carbocycles. The summed E-state index contributed by atoms with van der Waals surface area (Å²) in [7, 11) is 0. The summed E-state index contributed by atoms with van der Waals surface area (Å²) < 4.78 is 1.82. The number of rotatable bonds is 1. The van der Waals surface area contributed by atoms with Crippen molar-refractivity contribution >= 4 is 17.4 Å². The molecule has 110 valence electrons. The van der Waals surface area contributed by atoms with E-state index in [1.54, 1.807) is 12.4 Å². The van der Waals surface area contributed by atoms with Crippen LogP contribution < -0.4 is 0 Å². The molecule has 3 aromatic heterocycles. The van der Waals surface area contributed by atoms with Gasteiger partial charge in [-0.25, -0.2) is 0 Å². The minimum atomic E-state index is 0.737. The first-order valence-electron chi connectivity index (χ1n) is 7.28. The lowest BCUT2D eigenvalue weighted by atomic mass is 10.1. The van der Waals surface area contributed by atoms with E-state index in [-0.39, 0.29) is 0 Å². The molecule has 0 saturated heterocycles. The van der Waals surface area contributed by atoms with E-state index in [0.717, 1.165) is 28.5 Å². The molecule has 0 fully saturated rings. The van der Waals surface area contributed by atoms with Crippen molar-refractivity contribution < 1.29 is 0 Å². The second-order valence-corrected chi connectivity index (χ2v) is 6.35. The highest BCUT2D eigenvalue weighted by Gasteiger charge is 2.20. The maximum atomic E-state index is 4.85. The highest BCUT2D eigenvalue weighted by Crippen LogP contribution is 2.40. The summed E-state index contributed by atoms with van der Waals surface area (Å²) >= 11 is 1.84. The molecule has 4 aromatic rings. The summed E-state index contributed by atoms with van der Waals surface area (Å²) in [5.74, 6) is 1.65. The Balaban J connectivity index is 1.78. The Kier molecular flexibility index (Phi) is 2.72. The van der Waals surface area contributed by atoms with Crippen LogP contribution in [0.3, 0.4) is 0 Å². The van der Waals surface area contributed by atoms with Crippen molar-refractivity contribution in [3.63, 3.8) is 0 Å². The van der Waals surface area contributed by atoms with Gasteiger partial charge in [0.2, 0.25) is 0 Å². The molecule has 6 heteroatoms. The van der Waals surface area contributed by atoms with Crippen molar-refractivity contribution in [3.05, 3.63) is 60.4 Å². The van der Waals surface area contributed by atoms with Crippen LogP contribution >= 0.6 is 11.8 Å². The Bertz CT molecular complexity index is 1030. The smallest absolute Gasteiger partial charge is 0.185 e. The van der Waals surface area contributed by atoms with Gasteiger partial charge in [0.15, 0.2) is 11.5 Å². The van der Waals surface area contributed by atoms with E-state index in [0.29, 0.717) is 0 Å². The summed E-state index contributed by atoms with van der Waals surface area (Å²) in [6.07, 6.45) is 3.50. The number of hydrogen-bond donors (Lipinski definition) is 0. The fraction of sp³-hybridized carbons (Fsp3) is 0.0588. The zero-order valence-electron chi connectivity index (χ0n) is 12.0. The first-order valence-corrected chi connectivity index (χ1v) is 8.27. The highest BCUT2D eigenvalue weighted by molar-refractivity contribution is 7.98. The van der Waals surface area contributed by atoms with E-state index >= 15 is 0 Å². The zero-order chi connectivity index (χ0) is 15.2. The van der Waals surface area contributed by atoms with Crippen molar-refractivity contribution in [2.45, 2.75) is 10.6 Å². The van der Waals surface area contributed by atoms with Crippen LogP contribution in [0.1, 0.15) is 5.56 Å². The lowest BCUT2D eigenvalue weighted by molar-refractivity contribution is 0.927. The van der Waals surface area contributed by atoms with Gasteiger partial charge in [-0.2, -0.15) is 9.61 Å². The van der Waals surface area contributed by atoms with Crippen LogP contribution in [0.25, 0.3) is 28.3 Å². The fourth-order valence-electron chi connectivity index (χ4n) is 2.83. The van der Waals surface area contributed by atoms with E-state index in [1.807, 2.05) is 28.4 Å². The number of thioether (sulfide) groups is 1. The molecular formula is C17H11N5S. The van der Waals surface area contributed by atoms with E-state index in [9.17, 15) is 0 Å². The number of nitrogens with zero attached hydrogens (tertiary/aromatic N) is 5. The summed E-state index contributed by atoms with van der Waals surface area (Å²) in [5.41, 5.74) is 5.13. The van der Waals surface area contributed by atoms with Gasteiger partial charge < -0.3 is 0 Å². The van der Waals surface area contributed by atoms with Gasteiger partial charge in [0.05, 0.1) is 5.69 Å². The normalized spacial score (nSPS) is 12.9. The molecule has 0 N–H and O–H groups in total. The topological polar surface area (TPSA) is 56.0 Å². The monoisotopic (exact) mass is 317 g/mol. The van der Waals surface area contributed by atoms with Gasteiger partial charge in [0, 0.05) is 34.2 Å². The Morgan fingerprint density at radius 3 is 2.78 bits per heavy atom. The molecule has 0 aliphatic carbocycles. The first-order chi connectivity index (χ1) is 11.4. The van der Waals surface area contributed by atoms with Crippen LogP contribution in [-0.2, 0) is 5.75 Å². The molecule has 0 unspecified atom stereocenters. The molecule has 5 nitrogen and oxygen atoms in total. The molecule has 23 heavy (non-hydrogen) atoms. The molecule has 0 spiro atoms. The lowest BCUT2D eigenvalue weighted by Crippen LogP contribution is -2.04. The van der Waals surface area contributed by atoms with Gasteiger partial charge in [-0.3, -0.25) is 4.98 Å². The highest BCUT2D eigenvalue weighted by atomic mass is 32.2. The number of pyridine rings is 1. The standard InChI is InChI=1S/C17H11N5S/c1-2-4-14-13(3-1)16-12(10-23-14)9-15-19-20-17(22(15)21-16)11-5-7-18-8-6-11/h1-9H,10H2. The van der Waals surface area contributed by atoms with Crippen LogP contribution in [-0.4, -0.2) is 24.8 Å². The Morgan fingerprint density at radius 2 is 1.87 bits per heavy atom. The average molecular weight is 317 g/mol. The first kappa shape index (κ1) is 12.8. The number of aromatic nitrogens is 5. The van der Waals surface area contributed by atoms with E-state index in [1.165, 1.54) is 16.0 Å². The van der Waals surface area contributed by atoms with Gasteiger partial charge in [0.1, 0.15) is 0 Å². The Morgan fingerprint density at radius 1 is 1.00 bits per heavy atom. The molecule has 1 aliphatic heterocycles. The third kappa shape index (κ3) is 1.95. The largest absolute Gasteiger partial charge is 0.265 e. The van der Waals surface area contributed by atoms with Crippen LogP contribution in [0, 0.1) is 0 Å². The minimum absolute atomic E-state index is 0.737. The molecule has 5 rings (SSSR count). The summed E-state index contributed by atoms with van der Waals surface area (Å²) in [4.78, 5) is 5.32. The summed E-state index contributed by atoms with van der Waals surface area (Å²) in [6, 6.07) is 14.3. The molecular weight excluding hydrogens is 306 g/mol. The van der Waals surface area contributed by atoms with Gasteiger partial charge in [-0.05, 0) is 29.8 Å². The van der Waals surface area contributed by atoms with Gasteiger partial charge in [0.25, 0.3) is 0 Å². The van der Waals surface area contributed by atoms with E-state index < -0.39 is 0 Å². The second-order valence-electron chi connectivity index (χ2n) is 5.33. The SMILES string of the molecule is c1ccc2c(c1)SCc1cc3nnc(-c4ccncc4)n3nc1-2. The number of fused-ring (bicyclic) bond motifs is 4. The third-order valence-corrected chi connectivity index (χ3v) is 5.06. The van der Waals surface area contributed by atoms with E-state index in [4.69, 9.17) is 5.10 Å². The van der Waals surface area contributed by atoms with Crippen molar-refractivity contribution in [2.24, 2.45) is 0 Å². The number of benzene rings is 1. The van der Waals surface area contributed by atoms with Gasteiger partial charge >= 0.3 is 0 Å². The molecule has 0 atom stereocenters. The van der Waals surface area contributed by atoms with Crippen LogP contribution in [0.15, 0.2) is 59.8 Å². The van der Waals surface area contributed by atoms with Crippen LogP contribution in [0.4, 0.5) is 0 Å². The molecule has 0 amide bonds. The maximum absolute atomic E-state index is 4.85. The predicted molar refractivity (Wildman–Crippen MR) is 89.0 cm³/mol. The van der Waals surface area contributed by atoms with E-state index in [2.05, 4.69) is 45.5 Å². The van der Waals surface area contributed by atoms with Crippen molar-refractivity contribution in [3.8, 4) is 22.6 Å². The van der Waals surface area contributed by atoms with Gasteiger partial charge in [-0.15, -0.1) is 22.0 Å². The third-order valence-electron chi connectivity index (χ3n) is 3.94. The number of hydrogen-bond acceptors (Lipinski definition) is 5. The van der Waals surface area contributed by atoms with Crippen LogP contribution in [0.5, 0.6) is 0 Å². The van der Waals surface area contributed by atoms with Crippen LogP contribution in [0.2, 0.25) is 0 Å². The quantitative estimate of drug-likeness (QED) is 0.538. The van der Waals surface area contributed by atoms with Crippen molar-refractivity contribution in [1.29, 1.82) is 0 Å². The fourth-order valence-corrected chi connectivity index (χ4v) is 3.86. The summed E-state index contributed by atoms with van der Waals surface area (Å²) in [6.45, 7) is 0. The Hall–Kier alpha value is -2.73.